The Bertz CT molecular complexity index is 580. The molecule has 6 nitrogen and oxygen atoms in total. The van der Waals surface area contributed by atoms with Crippen LogP contribution in [0.3, 0.4) is 0 Å². The fraction of sp³-hybridized carbons (Fsp3) is 0.778. The molecule has 0 radical (unpaired) electrons. The van der Waals surface area contributed by atoms with E-state index in [1.807, 2.05) is 27.7 Å². The minimum Gasteiger partial charge on any atom is -0.346 e. The Hall–Kier alpha value is -1.37. The Morgan fingerprint density at radius 1 is 1.20 bits per heavy atom. The molecule has 1 saturated carbocycles. The first-order chi connectivity index (χ1) is 11.9. The zero-order valence-corrected chi connectivity index (χ0v) is 16.4. The van der Waals surface area contributed by atoms with E-state index >= 15 is 0 Å². The zero-order chi connectivity index (χ0) is 18.4. The Morgan fingerprint density at radius 3 is 2.48 bits per heavy atom. The molecular formula is C18H29N3O3S. The van der Waals surface area contributed by atoms with Gasteiger partial charge in [-0.1, -0.05) is 63.9 Å². The molecule has 1 aromatic rings. The predicted molar refractivity (Wildman–Crippen MR) is 97.6 cm³/mol. The average molecular weight is 368 g/mol. The summed E-state index contributed by atoms with van der Waals surface area (Å²) in [4.78, 5) is 29.5. The zero-order valence-electron chi connectivity index (χ0n) is 15.6. The predicted octanol–water partition coefficient (Wildman–Crippen LogP) is 3.86. The highest BCUT2D eigenvalue weighted by molar-refractivity contribution is 7.99. The third-order valence-electron chi connectivity index (χ3n) is 4.28. The van der Waals surface area contributed by atoms with Crippen LogP contribution in [0.1, 0.15) is 76.8 Å². The molecule has 1 aliphatic carbocycles. The van der Waals surface area contributed by atoms with E-state index in [9.17, 15) is 9.59 Å². The average Bonchev–Trinajstić information content (AvgIpc) is 3.01. The van der Waals surface area contributed by atoms with Crippen LogP contribution in [0.15, 0.2) is 9.75 Å². The van der Waals surface area contributed by atoms with Gasteiger partial charge in [-0.25, -0.2) is 0 Å². The first-order valence-electron chi connectivity index (χ1n) is 9.21. The summed E-state index contributed by atoms with van der Waals surface area (Å²) in [5.74, 6) is 0.0690. The molecule has 1 amide bonds. The largest absolute Gasteiger partial charge is 0.346 e. The molecule has 140 valence electrons. The smallest absolute Gasteiger partial charge is 0.286 e. The van der Waals surface area contributed by atoms with E-state index in [2.05, 4.69) is 15.5 Å². The number of thioether (sulfide) groups is 1. The van der Waals surface area contributed by atoms with E-state index in [1.165, 1.54) is 18.2 Å². The molecule has 1 atom stereocenters. The topological polar surface area (TPSA) is 85.1 Å². The number of carbonyl (C=O) groups excluding carboxylic acids is 2. The van der Waals surface area contributed by atoms with Gasteiger partial charge in [0.05, 0.1) is 6.04 Å². The minimum absolute atomic E-state index is 0.0148. The Balaban J connectivity index is 2.05. The summed E-state index contributed by atoms with van der Waals surface area (Å²) in [6, 6.07) is -0.594. The normalized spacial score (nSPS) is 17.0. The van der Waals surface area contributed by atoms with Crippen molar-refractivity contribution in [3.63, 3.8) is 0 Å². The molecule has 1 fully saturated rings. The van der Waals surface area contributed by atoms with Crippen molar-refractivity contribution in [1.82, 2.24) is 15.5 Å². The molecule has 7 heteroatoms. The van der Waals surface area contributed by atoms with Gasteiger partial charge in [-0.05, 0) is 25.2 Å². The lowest BCUT2D eigenvalue weighted by Crippen LogP contribution is -2.45. The van der Waals surface area contributed by atoms with Crippen molar-refractivity contribution < 1.29 is 14.1 Å². The quantitative estimate of drug-likeness (QED) is 0.555. The fourth-order valence-corrected chi connectivity index (χ4v) is 3.70. The van der Waals surface area contributed by atoms with Gasteiger partial charge in [-0.3, -0.25) is 9.59 Å². The van der Waals surface area contributed by atoms with Crippen molar-refractivity contribution >= 4 is 23.5 Å². The second-order valence-corrected chi connectivity index (χ2v) is 8.97. The summed E-state index contributed by atoms with van der Waals surface area (Å²) in [6.07, 6.45) is 5.75. The Kier molecular flexibility index (Phi) is 7.47. The monoisotopic (exact) mass is 367 g/mol. The van der Waals surface area contributed by atoms with Gasteiger partial charge in [-0.2, -0.15) is 4.98 Å². The lowest BCUT2D eigenvalue weighted by atomic mass is 9.88. The summed E-state index contributed by atoms with van der Waals surface area (Å²) in [5.41, 5.74) is 0. The molecule has 0 bridgehead atoms. The number of amides is 1. The van der Waals surface area contributed by atoms with Gasteiger partial charge >= 0.3 is 0 Å². The summed E-state index contributed by atoms with van der Waals surface area (Å²) >= 11 is 1.42. The lowest BCUT2D eigenvalue weighted by molar-refractivity contribution is -0.126. The van der Waals surface area contributed by atoms with Crippen LogP contribution < -0.4 is 5.32 Å². The third kappa shape index (κ3) is 6.13. The van der Waals surface area contributed by atoms with Crippen LogP contribution in [0, 0.1) is 11.8 Å². The summed E-state index contributed by atoms with van der Waals surface area (Å²) in [5, 5.41) is 7.44. The fourth-order valence-electron chi connectivity index (χ4n) is 3.07. The maximum Gasteiger partial charge on any atom is 0.286 e. The maximum atomic E-state index is 12.8. The van der Waals surface area contributed by atoms with E-state index in [4.69, 9.17) is 4.52 Å². The van der Waals surface area contributed by atoms with Crippen molar-refractivity contribution in [2.75, 3.05) is 0 Å². The van der Waals surface area contributed by atoms with E-state index in [0.29, 0.717) is 16.9 Å². The number of rotatable bonds is 8. The highest BCUT2D eigenvalue weighted by Gasteiger charge is 2.30. The summed E-state index contributed by atoms with van der Waals surface area (Å²) in [6.45, 7) is 8.09. The van der Waals surface area contributed by atoms with Gasteiger partial charge in [0.1, 0.15) is 0 Å². The number of carbonyl (C=O) groups is 2. The van der Waals surface area contributed by atoms with Gasteiger partial charge in [0.25, 0.3) is 5.22 Å². The van der Waals surface area contributed by atoms with Gasteiger partial charge in [-0.15, -0.1) is 0 Å². The SMILES string of the molecule is CC(C)C[C@H](NC(=O)C1CCCCC1)C(=O)c1noc(SC(C)C)n1. The molecule has 1 aromatic heterocycles. The summed E-state index contributed by atoms with van der Waals surface area (Å²) in [7, 11) is 0. The summed E-state index contributed by atoms with van der Waals surface area (Å²) < 4.78 is 5.14. The molecule has 0 aromatic carbocycles. The van der Waals surface area contributed by atoms with E-state index in [-0.39, 0.29) is 29.4 Å². The Morgan fingerprint density at radius 2 is 1.88 bits per heavy atom. The number of hydrogen-bond acceptors (Lipinski definition) is 6. The molecule has 2 rings (SSSR count). The number of nitrogens with zero attached hydrogens (tertiary/aromatic N) is 2. The first kappa shape index (κ1) is 19.9. The van der Waals surface area contributed by atoms with Gasteiger partial charge < -0.3 is 9.84 Å². The highest BCUT2D eigenvalue weighted by Crippen LogP contribution is 2.25. The molecule has 0 saturated heterocycles. The maximum absolute atomic E-state index is 12.8. The van der Waals surface area contributed by atoms with Crippen molar-refractivity contribution in [3.8, 4) is 0 Å². The molecule has 1 N–H and O–H groups in total. The second-order valence-electron chi connectivity index (χ2n) is 7.44. The van der Waals surface area contributed by atoms with E-state index in [0.717, 1.165) is 25.7 Å². The van der Waals surface area contributed by atoms with Crippen molar-refractivity contribution in [1.29, 1.82) is 0 Å². The van der Waals surface area contributed by atoms with Crippen molar-refractivity contribution in [2.45, 2.75) is 82.7 Å². The second kappa shape index (κ2) is 9.36. The molecule has 1 aliphatic rings. The van der Waals surface area contributed by atoms with Crippen LogP contribution in [0.5, 0.6) is 0 Å². The van der Waals surface area contributed by atoms with Crippen LogP contribution in [0.25, 0.3) is 0 Å². The molecule has 25 heavy (non-hydrogen) atoms. The van der Waals surface area contributed by atoms with Crippen LogP contribution in [0.2, 0.25) is 0 Å². The van der Waals surface area contributed by atoms with Gasteiger partial charge in [0.15, 0.2) is 0 Å². The first-order valence-corrected chi connectivity index (χ1v) is 10.1. The number of Topliss-reactive ketones (excluding diaryl/α,β-unsaturated/α-hetero) is 1. The van der Waals surface area contributed by atoms with Crippen molar-refractivity contribution in [3.05, 3.63) is 5.82 Å². The third-order valence-corrected chi connectivity index (χ3v) is 5.12. The van der Waals surface area contributed by atoms with E-state index < -0.39 is 6.04 Å². The van der Waals surface area contributed by atoms with Crippen LogP contribution >= 0.6 is 11.8 Å². The van der Waals surface area contributed by atoms with Crippen molar-refractivity contribution in [2.24, 2.45) is 11.8 Å². The van der Waals surface area contributed by atoms with Crippen LogP contribution in [-0.4, -0.2) is 33.1 Å². The molecular weight excluding hydrogens is 338 g/mol. The number of ketones is 1. The molecule has 1 heterocycles. The number of hydrogen-bond donors (Lipinski definition) is 1. The lowest BCUT2D eigenvalue weighted by Gasteiger charge is -2.24. The Labute approximate surface area is 153 Å². The van der Waals surface area contributed by atoms with Gasteiger partial charge in [0.2, 0.25) is 17.5 Å². The molecule has 0 spiro atoms. The van der Waals surface area contributed by atoms with E-state index in [1.54, 1.807) is 0 Å². The standard InChI is InChI=1S/C18H29N3O3S/c1-11(2)10-14(19-17(23)13-8-6-5-7-9-13)15(22)16-20-18(24-21-16)25-12(3)4/h11-14H,5-10H2,1-4H3,(H,19,23)/t14-/m0/s1. The minimum atomic E-state index is -0.594. The van der Waals surface area contributed by atoms with Crippen LogP contribution in [-0.2, 0) is 4.79 Å². The van der Waals surface area contributed by atoms with Gasteiger partial charge in [0, 0.05) is 11.2 Å². The number of nitrogens with one attached hydrogen (secondary N) is 1. The number of aromatic nitrogens is 2. The molecule has 0 unspecified atom stereocenters. The van der Waals surface area contributed by atoms with Crippen LogP contribution in [0.4, 0.5) is 0 Å². The molecule has 0 aliphatic heterocycles. The highest BCUT2D eigenvalue weighted by atomic mass is 32.2.